The van der Waals surface area contributed by atoms with Crippen LogP contribution in [0.25, 0.3) is 0 Å². The maximum Gasteiger partial charge on any atom is 0.303 e. The van der Waals surface area contributed by atoms with Gasteiger partial charge >= 0.3 is 5.91 Å². The molecule has 0 radical (unpaired) electrons. The van der Waals surface area contributed by atoms with Crippen LogP contribution in [-0.2, 0) is 4.79 Å². The van der Waals surface area contributed by atoms with Crippen LogP contribution in [0.15, 0.2) is 18.2 Å². The zero-order valence-electron chi connectivity index (χ0n) is 13.2. The monoisotopic (exact) mass is 333 g/mol. The van der Waals surface area contributed by atoms with Crippen LogP contribution >= 0.6 is 11.6 Å². The van der Waals surface area contributed by atoms with E-state index >= 15 is 0 Å². The maximum atomic E-state index is 12.4. The molecule has 1 unspecified atom stereocenters. The molecule has 23 heavy (non-hydrogen) atoms. The van der Waals surface area contributed by atoms with Gasteiger partial charge in [-0.2, -0.15) is 0 Å². The first-order valence-corrected chi connectivity index (χ1v) is 9.03. The number of piperidine rings is 1. The number of Topliss-reactive ketones (excluding diaryl/α,β-unsaturated/α-hetero) is 1. The molecule has 1 saturated heterocycles. The topological polar surface area (TPSA) is 41.8 Å². The fraction of sp³-hybridized carbons (Fsp3) is 0.556. The van der Waals surface area contributed by atoms with Crippen molar-refractivity contribution in [3.05, 3.63) is 28.8 Å². The highest BCUT2D eigenvalue weighted by molar-refractivity contribution is 6.52. The predicted octanol–water partition coefficient (Wildman–Crippen LogP) is 2.06. The number of hydrogen-bond donors (Lipinski definition) is 1. The molecular weight excluding hydrogens is 312 g/mol. The largest absolute Gasteiger partial charge is 0.315 e. The number of benzene rings is 1. The van der Waals surface area contributed by atoms with Gasteiger partial charge in [0.1, 0.15) is 0 Å². The number of nitrogens with zero attached hydrogens (tertiary/aromatic N) is 1. The minimum atomic E-state index is -0.417. The van der Waals surface area contributed by atoms with Crippen LogP contribution in [0, 0.1) is 5.92 Å². The number of amides is 1. The van der Waals surface area contributed by atoms with Crippen LogP contribution in [0.5, 0.6) is 0 Å². The second-order valence-electron chi connectivity index (χ2n) is 7.08. The van der Waals surface area contributed by atoms with E-state index in [1.54, 1.807) is 17.0 Å². The van der Waals surface area contributed by atoms with Crippen molar-refractivity contribution < 1.29 is 14.5 Å². The number of hydrogen-bond acceptors (Lipinski definition) is 2. The van der Waals surface area contributed by atoms with Crippen LogP contribution < -0.4 is 9.80 Å². The van der Waals surface area contributed by atoms with Crippen LogP contribution in [0.4, 0.5) is 5.69 Å². The molecule has 0 aromatic heterocycles. The maximum absolute atomic E-state index is 12.4. The zero-order chi connectivity index (χ0) is 16.0. The number of carbonyl (C=O) groups excluding carboxylic acids is 2. The summed E-state index contributed by atoms with van der Waals surface area (Å²) in [4.78, 5) is 27.8. The van der Waals surface area contributed by atoms with Crippen molar-refractivity contribution in [2.75, 3.05) is 18.1 Å². The Kier molecular flexibility index (Phi) is 3.90. The van der Waals surface area contributed by atoms with Crippen LogP contribution in [0.3, 0.4) is 0 Å². The molecule has 3 aliphatic rings. The highest BCUT2D eigenvalue weighted by Crippen LogP contribution is 2.32. The Hall–Kier alpha value is -1.39. The van der Waals surface area contributed by atoms with Crippen molar-refractivity contribution in [1.29, 1.82) is 0 Å². The van der Waals surface area contributed by atoms with Gasteiger partial charge in [0.2, 0.25) is 0 Å². The molecule has 1 aromatic carbocycles. The molecular formula is C18H22ClN2O2+. The molecule has 1 amide bonds. The van der Waals surface area contributed by atoms with Gasteiger partial charge < -0.3 is 4.90 Å². The standard InChI is InChI=1S/C18H21ClN2O2/c19-13-7-8-16-14(10-13)17(22)18(23)21(16)11-20-9-3-5-12-4-1-2-6-15(12)20/h7-8,10,12,15H,1-6,9,11H2/p+1/t12-,15+/m1/s1. The molecule has 4 rings (SSSR count). The lowest BCUT2D eigenvalue weighted by Crippen LogP contribution is -3.19. The molecule has 1 aliphatic carbocycles. The van der Waals surface area contributed by atoms with E-state index in [0.29, 0.717) is 23.3 Å². The van der Waals surface area contributed by atoms with Crippen molar-refractivity contribution >= 4 is 29.0 Å². The van der Waals surface area contributed by atoms with E-state index in [9.17, 15) is 9.59 Å². The molecule has 5 heteroatoms. The van der Waals surface area contributed by atoms with Gasteiger partial charge in [0.05, 0.1) is 23.8 Å². The number of carbonyl (C=O) groups is 2. The van der Waals surface area contributed by atoms with E-state index in [1.807, 2.05) is 6.07 Å². The molecule has 2 heterocycles. The summed E-state index contributed by atoms with van der Waals surface area (Å²) in [7, 11) is 0. The third kappa shape index (κ3) is 2.58. The smallest absolute Gasteiger partial charge is 0.303 e. The Morgan fingerprint density at radius 1 is 1.13 bits per heavy atom. The van der Waals surface area contributed by atoms with E-state index in [4.69, 9.17) is 11.6 Å². The fourth-order valence-corrected chi connectivity index (χ4v) is 4.87. The van der Waals surface area contributed by atoms with Gasteiger partial charge in [-0.3, -0.25) is 14.5 Å². The Bertz CT molecular complexity index is 658. The third-order valence-corrected chi connectivity index (χ3v) is 6.04. The summed E-state index contributed by atoms with van der Waals surface area (Å²) in [6.07, 6.45) is 7.77. The van der Waals surface area contributed by atoms with Crippen molar-refractivity contribution in [2.45, 2.75) is 44.6 Å². The van der Waals surface area contributed by atoms with E-state index in [0.717, 1.165) is 18.2 Å². The van der Waals surface area contributed by atoms with Crippen LogP contribution in [-0.4, -0.2) is 30.9 Å². The fourth-order valence-electron chi connectivity index (χ4n) is 4.70. The van der Waals surface area contributed by atoms with Gasteiger partial charge in [-0.05, 0) is 50.3 Å². The number of likely N-dealkylation sites (tertiary alicyclic amines) is 1. The Labute approximate surface area is 141 Å². The zero-order valence-corrected chi connectivity index (χ0v) is 13.9. The Morgan fingerprint density at radius 3 is 2.78 bits per heavy atom. The van der Waals surface area contributed by atoms with Gasteiger partial charge in [-0.15, -0.1) is 0 Å². The molecule has 3 atom stereocenters. The van der Waals surface area contributed by atoms with E-state index in [1.165, 1.54) is 43.4 Å². The summed E-state index contributed by atoms with van der Waals surface area (Å²) < 4.78 is 0. The van der Waals surface area contributed by atoms with Crippen molar-refractivity contribution in [1.82, 2.24) is 0 Å². The number of anilines is 1. The highest BCUT2D eigenvalue weighted by Gasteiger charge is 2.42. The van der Waals surface area contributed by atoms with E-state index in [2.05, 4.69) is 0 Å². The number of fused-ring (bicyclic) bond motifs is 2. The number of ketones is 1. The van der Waals surface area contributed by atoms with E-state index in [-0.39, 0.29) is 0 Å². The molecule has 2 aliphatic heterocycles. The summed E-state index contributed by atoms with van der Waals surface area (Å²) in [6.45, 7) is 1.71. The van der Waals surface area contributed by atoms with Crippen molar-refractivity contribution in [2.24, 2.45) is 5.92 Å². The van der Waals surface area contributed by atoms with Gasteiger partial charge in [0.25, 0.3) is 5.78 Å². The molecule has 122 valence electrons. The van der Waals surface area contributed by atoms with Gasteiger partial charge in [0, 0.05) is 10.9 Å². The van der Waals surface area contributed by atoms with Crippen molar-refractivity contribution in [3.63, 3.8) is 0 Å². The minimum Gasteiger partial charge on any atom is -0.315 e. The molecule has 1 saturated carbocycles. The second kappa shape index (κ2) is 5.91. The number of halogens is 1. The molecule has 0 bridgehead atoms. The van der Waals surface area contributed by atoms with Gasteiger partial charge in [0.15, 0.2) is 6.67 Å². The van der Waals surface area contributed by atoms with Crippen LogP contribution in [0.2, 0.25) is 5.02 Å². The van der Waals surface area contributed by atoms with E-state index < -0.39 is 11.7 Å². The average Bonchev–Trinajstić information content (AvgIpc) is 2.80. The summed E-state index contributed by atoms with van der Waals surface area (Å²) in [5.41, 5.74) is 1.19. The Balaban J connectivity index is 1.59. The average molecular weight is 334 g/mol. The Morgan fingerprint density at radius 2 is 1.91 bits per heavy atom. The first kappa shape index (κ1) is 15.2. The third-order valence-electron chi connectivity index (χ3n) is 5.80. The number of nitrogens with one attached hydrogen (secondary N) is 1. The predicted molar refractivity (Wildman–Crippen MR) is 88.9 cm³/mol. The molecule has 0 spiro atoms. The number of rotatable bonds is 2. The summed E-state index contributed by atoms with van der Waals surface area (Å²) in [5.74, 6) is -0.0163. The summed E-state index contributed by atoms with van der Waals surface area (Å²) >= 11 is 5.98. The minimum absolute atomic E-state index is 0.396. The summed E-state index contributed by atoms with van der Waals surface area (Å²) in [6, 6.07) is 5.83. The molecule has 2 fully saturated rings. The SMILES string of the molecule is O=C1C(=O)N(C[NH+]2CCC[C@H]3CCCC[C@@H]32)c2ccc(Cl)cc21. The lowest BCUT2D eigenvalue weighted by atomic mass is 9.78. The molecule has 4 nitrogen and oxygen atoms in total. The van der Waals surface area contributed by atoms with Crippen molar-refractivity contribution in [3.8, 4) is 0 Å². The quantitative estimate of drug-likeness (QED) is 0.842. The first-order valence-electron chi connectivity index (χ1n) is 8.65. The normalized spacial score (nSPS) is 30.3. The molecule has 1 aromatic rings. The van der Waals surface area contributed by atoms with Crippen LogP contribution in [0.1, 0.15) is 48.9 Å². The second-order valence-corrected chi connectivity index (χ2v) is 7.52. The first-order chi connectivity index (χ1) is 11.1. The van der Waals surface area contributed by atoms with Gasteiger partial charge in [-0.25, -0.2) is 0 Å². The lowest BCUT2D eigenvalue weighted by Gasteiger charge is -2.42. The molecule has 1 N–H and O–H groups in total. The lowest BCUT2D eigenvalue weighted by molar-refractivity contribution is -0.935. The van der Waals surface area contributed by atoms with Gasteiger partial charge in [-0.1, -0.05) is 18.0 Å². The number of quaternary nitrogens is 1. The highest BCUT2D eigenvalue weighted by atomic mass is 35.5. The summed E-state index contributed by atoms with van der Waals surface area (Å²) in [5, 5.41) is 0.504.